The summed E-state index contributed by atoms with van der Waals surface area (Å²) in [5.74, 6) is -0.266. The molecule has 0 unspecified atom stereocenters. The predicted molar refractivity (Wildman–Crippen MR) is 68.5 cm³/mol. The number of esters is 1. The van der Waals surface area contributed by atoms with Gasteiger partial charge in [0.1, 0.15) is 15.3 Å². The Morgan fingerprint density at radius 3 is 2.65 bits per heavy atom. The summed E-state index contributed by atoms with van der Waals surface area (Å²) in [5, 5.41) is 5.33. The summed E-state index contributed by atoms with van der Waals surface area (Å²) in [6, 6.07) is 1.86. The molecule has 0 saturated heterocycles. The van der Waals surface area contributed by atoms with Crippen LogP contribution in [-0.2, 0) is 11.8 Å². The number of carbonyl (C=O) groups is 1. The van der Waals surface area contributed by atoms with Crippen molar-refractivity contribution in [1.82, 2.24) is 9.78 Å². The van der Waals surface area contributed by atoms with Crippen molar-refractivity contribution in [3.63, 3.8) is 0 Å². The van der Waals surface area contributed by atoms with Gasteiger partial charge in [-0.25, -0.2) is 4.79 Å². The van der Waals surface area contributed by atoms with Gasteiger partial charge in [0.05, 0.1) is 5.69 Å². The van der Waals surface area contributed by atoms with E-state index >= 15 is 0 Å². The van der Waals surface area contributed by atoms with Crippen molar-refractivity contribution in [1.29, 1.82) is 0 Å². The van der Waals surface area contributed by atoms with E-state index < -0.39 is 5.60 Å². The summed E-state index contributed by atoms with van der Waals surface area (Å²) in [4.78, 5) is 13.5. The predicted octanol–water partition coefficient (Wildman–Crippen LogP) is 2.90. The van der Waals surface area contributed by atoms with Crippen LogP contribution in [0, 0.1) is 6.92 Å². The zero-order chi connectivity index (χ0) is 12.8. The van der Waals surface area contributed by atoms with E-state index in [-0.39, 0.29) is 5.97 Å². The zero-order valence-electron chi connectivity index (χ0n) is 10.7. The highest BCUT2D eigenvalue weighted by atomic mass is 32.1. The van der Waals surface area contributed by atoms with Gasteiger partial charge >= 0.3 is 5.97 Å². The molecule has 0 bridgehead atoms. The standard InChI is InChI=1S/C12H16N2O2S/c1-7-8-6-9(11(15)16-12(2,3)4)17-10(8)14(5)13-7/h6H,1-5H3. The van der Waals surface area contributed by atoms with E-state index in [4.69, 9.17) is 4.74 Å². The molecule has 17 heavy (non-hydrogen) atoms. The van der Waals surface area contributed by atoms with Gasteiger partial charge in [-0.15, -0.1) is 11.3 Å². The van der Waals surface area contributed by atoms with Gasteiger partial charge in [0.2, 0.25) is 0 Å². The maximum absolute atomic E-state index is 11.9. The summed E-state index contributed by atoms with van der Waals surface area (Å²) >= 11 is 1.42. The summed E-state index contributed by atoms with van der Waals surface area (Å²) in [6.45, 7) is 7.54. The molecule has 0 aromatic carbocycles. The molecule has 0 aliphatic rings. The van der Waals surface area contributed by atoms with Crippen molar-refractivity contribution in [2.75, 3.05) is 0 Å². The van der Waals surface area contributed by atoms with E-state index in [1.807, 2.05) is 40.8 Å². The van der Waals surface area contributed by atoms with E-state index in [0.717, 1.165) is 15.9 Å². The SMILES string of the molecule is Cc1nn(C)c2sc(C(=O)OC(C)(C)C)cc12. The monoisotopic (exact) mass is 252 g/mol. The summed E-state index contributed by atoms with van der Waals surface area (Å²) in [7, 11) is 1.88. The van der Waals surface area contributed by atoms with E-state index in [9.17, 15) is 4.79 Å². The fourth-order valence-corrected chi connectivity index (χ4v) is 2.63. The molecule has 0 radical (unpaired) electrons. The Hall–Kier alpha value is -1.36. The van der Waals surface area contributed by atoms with Crippen molar-refractivity contribution in [3.05, 3.63) is 16.6 Å². The fourth-order valence-electron chi connectivity index (χ4n) is 1.63. The first-order chi connectivity index (χ1) is 7.78. The lowest BCUT2D eigenvalue weighted by molar-refractivity contribution is 0.00753. The molecule has 2 aromatic rings. The number of ether oxygens (including phenoxy) is 1. The van der Waals surface area contributed by atoms with Crippen molar-refractivity contribution in [2.45, 2.75) is 33.3 Å². The number of fused-ring (bicyclic) bond motifs is 1. The minimum absolute atomic E-state index is 0.266. The minimum atomic E-state index is -0.458. The lowest BCUT2D eigenvalue weighted by Crippen LogP contribution is -2.23. The average Bonchev–Trinajstić information content (AvgIpc) is 2.67. The van der Waals surface area contributed by atoms with Crippen LogP contribution in [0.5, 0.6) is 0 Å². The van der Waals surface area contributed by atoms with E-state index in [2.05, 4.69) is 5.10 Å². The van der Waals surface area contributed by atoms with Gasteiger partial charge in [-0.2, -0.15) is 5.10 Å². The van der Waals surface area contributed by atoms with Gasteiger partial charge in [-0.3, -0.25) is 4.68 Å². The van der Waals surface area contributed by atoms with Crippen LogP contribution in [0.15, 0.2) is 6.07 Å². The molecule has 0 N–H and O–H groups in total. The Morgan fingerprint density at radius 1 is 1.47 bits per heavy atom. The number of aryl methyl sites for hydroxylation is 2. The molecular formula is C12H16N2O2S. The summed E-state index contributed by atoms with van der Waals surface area (Å²) in [5.41, 5.74) is 0.481. The lowest BCUT2D eigenvalue weighted by Gasteiger charge is -2.18. The second-order valence-corrected chi connectivity index (χ2v) is 6.07. The Kier molecular flexibility index (Phi) is 2.73. The molecule has 2 heterocycles. The van der Waals surface area contributed by atoms with Crippen LogP contribution in [-0.4, -0.2) is 21.4 Å². The van der Waals surface area contributed by atoms with Crippen molar-refractivity contribution < 1.29 is 9.53 Å². The highest BCUT2D eigenvalue weighted by Gasteiger charge is 2.21. The largest absolute Gasteiger partial charge is 0.456 e. The Labute approximate surface area is 104 Å². The molecule has 5 heteroatoms. The molecule has 0 atom stereocenters. The topological polar surface area (TPSA) is 44.1 Å². The Balaban J connectivity index is 2.37. The minimum Gasteiger partial charge on any atom is -0.456 e. The molecule has 4 nitrogen and oxygen atoms in total. The summed E-state index contributed by atoms with van der Waals surface area (Å²) in [6.07, 6.45) is 0. The quantitative estimate of drug-likeness (QED) is 0.733. The third-order valence-corrected chi connectivity index (χ3v) is 3.48. The highest BCUT2D eigenvalue weighted by molar-refractivity contribution is 7.20. The number of hydrogen-bond acceptors (Lipinski definition) is 4. The van der Waals surface area contributed by atoms with E-state index in [1.165, 1.54) is 11.3 Å². The molecule has 92 valence electrons. The van der Waals surface area contributed by atoms with Gasteiger partial charge in [-0.05, 0) is 33.8 Å². The van der Waals surface area contributed by atoms with Gasteiger partial charge in [0, 0.05) is 12.4 Å². The maximum Gasteiger partial charge on any atom is 0.348 e. The van der Waals surface area contributed by atoms with Crippen LogP contribution in [0.25, 0.3) is 10.2 Å². The van der Waals surface area contributed by atoms with Gasteiger partial charge in [0.15, 0.2) is 0 Å². The number of carbonyl (C=O) groups excluding carboxylic acids is 1. The lowest BCUT2D eigenvalue weighted by atomic mass is 10.2. The third-order valence-electron chi connectivity index (χ3n) is 2.30. The molecule has 0 aliphatic heterocycles. The molecule has 0 saturated carbocycles. The van der Waals surface area contributed by atoms with E-state index in [1.54, 1.807) is 4.68 Å². The Morgan fingerprint density at radius 2 is 2.12 bits per heavy atom. The number of rotatable bonds is 1. The normalized spacial score (nSPS) is 12.1. The molecule has 0 fully saturated rings. The van der Waals surface area contributed by atoms with Gasteiger partial charge < -0.3 is 4.74 Å². The first-order valence-electron chi connectivity index (χ1n) is 5.44. The van der Waals surface area contributed by atoms with Crippen molar-refractivity contribution >= 4 is 27.5 Å². The highest BCUT2D eigenvalue weighted by Crippen LogP contribution is 2.28. The van der Waals surface area contributed by atoms with Crippen LogP contribution in [0.1, 0.15) is 36.1 Å². The van der Waals surface area contributed by atoms with Gasteiger partial charge in [-0.1, -0.05) is 0 Å². The first-order valence-corrected chi connectivity index (χ1v) is 6.26. The van der Waals surface area contributed by atoms with Crippen molar-refractivity contribution in [2.24, 2.45) is 7.05 Å². The molecular weight excluding hydrogens is 236 g/mol. The number of hydrogen-bond donors (Lipinski definition) is 0. The van der Waals surface area contributed by atoms with Crippen LogP contribution in [0.3, 0.4) is 0 Å². The van der Waals surface area contributed by atoms with Crippen LogP contribution < -0.4 is 0 Å². The van der Waals surface area contributed by atoms with Crippen molar-refractivity contribution in [3.8, 4) is 0 Å². The summed E-state index contributed by atoms with van der Waals surface area (Å²) < 4.78 is 7.14. The molecule has 0 aliphatic carbocycles. The molecule has 2 aromatic heterocycles. The number of nitrogens with zero attached hydrogens (tertiary/aromatic N) is 2. The second kappa shape index (κ2) is 3.84. The number of aromatic nitrogens is 2. The van der Waals surface area contributed by atoms with Crippen LogP contribution >= 0.6 is 11.3 Å². The molecule has 0 spiro atoms. The van der Waals surface area contributed by atoms with Crippen LogP contribution in [0.2, 0.25) is 0 Å². The second-order valence-electron chi connectivity index (χ2n) is 5.04. The van der Waals surface area contributed by atoms with Gasteiger partial charge in [0.25, 0.3) is 0 Å². The number of thiophene rings is 1. The fraction of sp³-hybridized carbons (Fsp3) is 0.500. The molecule has 0 amide bonds. The van der Waals surface area contributed by atoms with Crippen LogP contribution in [0.4, 0.5) is 0 Å². The first kappa shape index (κ1) is 12.1. The zero-order valence-corrected chi connectivity index (χ0v) is 11.5. The average molecular weight is 252 g/mol. The Bertz CT molecular complexity index is 541. The maximum atomic E-state index is 11.9. The van der Waals surface area contributed by atoms with E-state index in [0.29, 0.717) is 4.88 Å². The molecule has 2 rings (SSSR count). The third kappa shape index (κ3) is 2.34. The smallest absolute Gasteiger partial charge is 0.348 e.